The number of rotatable bonds is 6. The zero-order valence-electron chi connectivity index (χ0n) is 13.7. The molecule has 0 aliphatic carbocycles. The van der Waals surface area contributed by atoms with E-state index in [0.717, 1.165) is 44.1 Å². The second kappa shape index (κ2) is 6.95. The first-order valence-electron chi connectivity index (χ1n) is 8.07. The van der Waals surface area contributed by atoms with Crippen molar-refractivity contribution in [3.63, 3.8) is 0 Å². The molecule has 3 heterocycles. The zero-order chi connectivity index (χ0) is 16.2. The maximum Gasteiger partial charge on any atom is 0.220 e. The maximum absolute atomic E-state index is 12.1. The summed E-state index contributed by atoms with van der Waals surface area (Å²) in [4.78, 5) is 27.9. The summed E-state index contributed by atoms with van der Waals surface area (Å²) in [5, 5.41) is 0. The van der Waals surface area contributed by atoms with E-state index in [9.17, 15) is 4.79 Å². The number of amides is 1. The van der Waals surface area contributed by atoms with Crippen molar-refractivity contribution < 1.29 is 9.21 Å². The van der Waals surface area contributed by atoms with Crippen LogP contribution in [-0.2, 0) is 24.3 Å². The van der Waals surface area contributed by atoms with Gasteiger partial charge in [0, 0.05) is 44.9 Å². The van der Waals surface area contributed by atoms with Gasteiger partial charge >= 0.3 is 0 Å². The monoisotopic (exact) mass is 317 g/mol. The Morgan fingerprint density at radius 3 is 3.04 bits per heavy atom. The van der Waals surface area contributed by atoms with E-state index < -0.39 is 0 Å². The fraction of sp³-hybridized carbons (Fsp3) is 0.562. The zero-order valence-corrected chi connectivity index (χ0v) is 13.7. The van der Waals surface area contributed by atoms with E-state index in [1.165, 1.54) is 0 Å². The fourth-order valence-corrected chi connectivity index (χ4v) is 3.03. The number of aryl methyl sites for hydroxylation is 1. The average Bonchev–Trinajstić information content (AvgIpc) is 3.26. The number of hydrogen-bond acceptors (Lipinski definition) is 5. The summed E-state index contributed by atoms with van der Waals surface area (Å²) in [6.45, 7) is 6.67. The number of carbonyl (C=O) groups is 1. The predicted molar refractivity (Wildman–Crippen MR) is 84.4 cm³/mol. The number of likely N-dealkylation sites (tertiary alicyclic amines) is 1. The van der Waals surface area contributed by atoms with E-state index in [1.807, 2.05) is 18.0 Å². The molecule has 124 valence electrons. The van der Waals surface area contributed by atoms with Gasteiger partial charge in [-0.1, -0.05) is 6.92 Å². The standard InChI is InChI=1S/C16H23N5O2/c1-3-14-8-19-16(23-14)11-21(12(2)22)13-4-7-20(9-13)10-15-17-5-6-18-15/h5-6,8,13H,3-4,7,9-11H2,1-2H3,(H,17,18)/t13-/m0/s1. The van der Waals surface area contributed by atoms with Crippen molar-refractivity contribution in [3.8, 4) is 0 Å². The smallest absolute Gasteiger partial charge is 0.220 e. The minimum absolute atomic E-state index is 0.0612. The predicted octanol–water partition coefficient (Wildman–Crippen LogP) is 1.58. The number of aromatic nitrogens is 3. The molecule has 3 rings (SSSR count). The minimum Gasteiger partial charge on any atom is -0.444 e. The van der Waals surface area contributed by atoms with Crippen LogP contribution in [0, 0.1) is 0 Å². The number of imidazole rings is 1. The molecule has 0 saturated carbocycles. The van der Waals surface area contributed by atoms with Gasteiger partial charge in [-0.05, 0) is 6.42 Å². The Morgan fingerprint density at radius 2 is 2.39 bits per heavy atom. The summed E-state index contributed by atoms with van der Waals surface area (Å²) in [6.07, 6.45) is 7.11. The van der Waals surface area contributed by atoms with E-state index in [-0.39, 0.29) is 11.9 Å². The third kappa shape index (κ3) is 3.79. The van der Waals surface area contributed by atoms with Crippen molar-refractivity contribution in [1.29, 1.82) is 0 Å². The number of hydrogen-bond donors (Lipinski definition) is 1. The summed E-state index contributed by atoms with van der Waals surface area (Å²) in [6, 6.07) is 0.194. The SMILES string of the molecule is CCc1cnc(CN(C(C)=O)[C@H]2CCN(Cc3ncc[nH]3)C2)o1. The summed E-state index contributed by atoms with van der Waals surface area (Å²) >= 11 is 0. The summed E-state index contributed by atoms with van der Waals surface area (Å²) in [5.41, 5.74) is 0. The topological polar surface area (TPSA) is 78.3 Å². The van der Waals surface area contributed by atoms with Crippen molar-refractivity contribution in [2.45, 2.75) is 45.8 Å². The molecule has 0 unspecified atom stereocenters. The third-order valence-electron chi connectivity index (χ3n) is 4.28. The van der Waals surface area contributed by atoms with E-state index in [0.29, 0.717) is 12.4 Å². The van der Waals surface area contributed by atoms with Gasteiger partial charge in [0.2, 0.25) is 11.8 Å². The normalized spacial score (nSPS) is 18.4. The molecule has 2 aromatic rings. The van der Waals surface area contributed by atoms with Crippen LogP contribution < -0.4 is 0 Å². The first kappa shape index (κ1) is 15.7. The van der Waals surface area contributed by atoms with Crippen molar-refractivity contribution >= 4 is 5.91 Å². The van der Waals surface area contributed by atoms with Crippen LogP contribution in [0.2, 0.25) is 0 Å². The van der Waals surface area contributed by atoms with Crippen LogP contribution in [0.15, 0.2) is 23.0 Å². The number of H-pyrrole nitrogens is 1. The number of aromatic amines is 1. The van der Waals surface area contributed by atoms with Crippen molar-refractivity contribution in [3.05, 3.63) is 36.1 Å². The van der Waals surface area contributed by atoms with Crippen molar-refractivity contribution in [2.75, 3.05) is 13.1 Å². The highest BCUT2D eigenvalue weighted by molar-refractivity contribution is 5.73. The van der Waals surface area contributed by atoms with Gasteiger partial charge in [0.15, 0.2) is 0 Å². The molecule has 1 amide bonds. The van der Waals surface area contributed by atoms with E-state index in [2.05, 4.69) is 19.9 Å². The van der Waals surface area contributed by atoms with Crippen LogP contribution in [0.1, 0.15) is 37.7 Å². The highest BCUT2D eigenvalue weighted by Gasteiger charge is 2.30. The Morgan fingerprint density at radius 1 is 1.52 bits per heavy atom. The van der Waals surface area contributed by atoms with Gasteiger partial charge in [0.05, 0.1) is 19.3 Å². The first-order chi connectivity index (χ1) is 11.2. The molecule has 7 heteroatoms. The molecule has 0 bridgehead atoms. The van der Waals surface area contributed by atoms with Crippen molar-refractivity contribution in [2.24, 2.45) is 0 Å². The molecular weight excluding hydrogens is 294 g/mol. The Kier molecular flexibility index (Phi) is 4.76. The molecule has 0 aromatic carbocycles. The molecule has 23 heavy (non-hydrogen) atoms. The maximum atomic E-state index is 12.1. The highest BCUT2D eigenvalue weighted by Crippen LogP contribution is 2.20. The summed E-state index contributed by atoms with van der Waals surface area (Å²) < 4.78 is 5.65. The lowest BCUT2D eigenvalue weighted by molar-refractivity contribution is -0.132. The van der Waals surface area contributed by atoms with Gasteiger partial charge in [-0.25, -0.2) is 9.97 Å². The number of nitrogens with zero attached hydrogens (tertiary/aromatic N) is 4. The minimum atomic E-state index is 0.0612. The third-order valence-corrected chi connectivity index (χ3v) is 4.28. The molecule has 0 spiro atoms. The molecule has 1 atom stereocenters. The Hall–Kier alpha value is -2.15. The lowest BCUT2D eigenvalue weighted by Crippen LogP contribution is -2.40. The molecule has 1 fully saturated rings. The average molecular weight is 317 g/mol. The van der Waals surface area contributed by atoms with Gasteiger partial charge in [-0.2, -0.15) is 0 Å². The van der Waals surface area contributed by atoms with Crippen LogP contribution in [0.25, 0.3) is 0 Å². The largest absolute Gasteiger partial charge is 0.444 e. The first-order valence-corrected chi connectivity index (χ1v) is 8.07. The Bertz CT molecular complexity index is 637. The Labute approximate surface area is 135 Å². The number of carbonyl (C=O) groups excluding carboxylic acids is 1. The van der Waals surface area contributed by atoms with Crippen LogP contribution in [0.3, 0.4) is 0 Å². The Balaban J connectivity index is 1.61. The quantitative estimate of drug-likeness (QED) is 0.875. The second-order valence-corrected chi connectivity index (χ2v) is 5.93. The van der Waals surface area contributed by atoms with Gasteiger partial charge in [-0.3, -0.25) is 9.69 Å². The van der Waals surface area contributed by atoms with Crippen molar-refractivity contribution in [1.82, 2.24) is 24.8 Å². The van der Waals surface area contributed by atoms with Crippen LogP contribution in [0.4, 0.5) is 0 Å². The fourth-order valence-electron chi connectivity index (χ4n) is 3.03. The van der Waals surface area contributed by atoms with Gasteiger partial charge in [-0.15, -0.1) is 0 Å². The number of oxazole rings is 1. The molecular formula is C16H23N5O2. The molecule has 0 radical (unpaired) electrons. The van der Waals surface area contributed by atoms with Crippen LogP contribution in [0.5, 0.6) is 0 Å². The highest BCUT2D eigenvalue weighted by atomic mass is 16.4. The molecule has 1 aliphatic heterocycles. The van der Waals surface area contributed by atoms with Crippen LogP contribution >= 0.6 is 0 Å². The summed E-state index contributed by atoms with van der Waals surface area (Å²) in [7, 11) is 0. The molecule has 1 aliphatic rings. The lowest BCUT2D eigenvalue weighted by Gasteiger charge is -2.26. The van der Waals surface area contributed by atoms with E-state index in [4.69, 9.17) is 4.42 Å². The van der Waals surface area contributed by atoms with E-state index >= 15 is 0 Å². The molecule has 2 aromatic heterocycles. The van der Waals surface area contributed by atoms with Gasteiger partial charge in [0.1, 0.15) is 11.6 Å². The number of nitrogens with one attached hydrogen (secondary N) is 1. The summed E-state index contributed by atoms with van der Waals surface area (Å²) in [5.74, 6) is 2.49. The molecule has 1 saturated heterocycles. The van der Waals surface area contributed by atoms with E-state index in [1.54, 1.807) is 19.3 Å². The lowest BCUT2D eigenvalue weighted by atomic mass is 10.2. The van der Waals surface area contributed by atoms with Crippen LogP contribution in [-0.4, -0.2) is 49.8 Å². The second-order valence-electron chi connectivity index (χ2n) is 5.93. The molecule has 1 N–H and O–H groups in total. The van der Waals surface area contributed by atoms with Gasteiger partial charge < -0.3 is 14.3 Å². The van der Waals surface area contributed by atoms with Gasteiger partial charge in [0.25, 0.3) is 0 Å². The molecule has 7 nitrogen and oxygen atoms in total.